The van der Waals surface area contributed by atoms with E-state index < -0.39 is 0 Å². The molecule has 24 heavy (non-hydrogen) atoms. The van der Waals surface area contributed by atoms with Gasteiger partial charge in [-0.15, -0.1) is 0 Å². The van der Waals surface area contributed by atoms with E-state index in [2.05, 4.69) is 9.97 Å². The summed E-state index contributed by atoms with van der Waals surface area (Å²) < 4.78 is 13.7. The number of hydrogen-bond acceptors (Lipinski definition) is 5. The van der Waals surface area contributed by atoms with Crippen LogP contribution in [0.3, 0.4) is 0 Å². The highest BCUT2D eigenvalue weighted by Crippen LogP contribution is 2.17. The van der Waals surface area contributed by atoms with Gasteiger partial charge in [-0.2, -0.15) is 5.26 Å². The lowest BCUT2D eigenvalue weighted by molar-refractivity contribution is -0.130. The van der Waals surface area contributed by atoms with Crippen molar-refractivity contribution in [2.45, 2.75) is 6.42 Å². The molecule has 122 valence electrons. The molecule has 2 aromatic rings. The lowest BCUT2D eigenvalue weighted by atomic mass is 10.1. The number of amides is 1. The fraction of sp³-hybridized carbons (Fsp3) is 0.294. The van der Waals surface area contributed by atoms with Crippen LogP contribution in [0.1, 0.15) is 11.3 Å². The average molecular weight is 325 g/mol. The Morgan fingerprint density at radius 3 is 2.58 bits per heavy atom. The Balaban J connectivity index is 1.62. The monoisotopic (exact) mass is 325 g/mol. The van der Waals surface area contributed by atoms with Gasteiger partial charge in [-0.05, 0) is 11.6 Å². The zero-order chi connectivity index (χ0) is 16.9. The molecule has 1 saturated heterocycles. The predicted octanol–water partition coefficient (Wildman–Crippen LogP) is 1.38. The van der Waals surface area contributed by atoms with E-state index in [9.17, 15) is 9.18 Å². The molecule has 0 spiro atoms. The minimum Gasteiger partial charge on any atom is -0.351 e. The lowest BCUT2D eigenvalue weighted by Gasteiger charge is -2.35. The Morgan fingerprint density at radius 2 is 1.88 bits per heavy atom. The molecule has 1 aromatic carbocycles. The molecule has 1 aliphatic heterocycles. The Morgan fingerprint density at radius 1 is 1.17 bits per heavy atom. The molecule has 1 fully saturated rings. The third-order valence-corrected chi connectivity index (χ3v) is 4.02. The summed E-state index contributed by atoms with van der Waals surface area (Å²) in [5.74, 6) is 0.0864. The number of carbonyl (C=O) groups excluding carboxylic acids is 1. The molecule has 6 nitrogen and oxygen atoms in total. The molecule has 0 saturated carbocycles. The third kappa shape index (κ3) is 3.33. The van der Waals surface area contributed by atoms with E-state index in [1.807, 2.05) is 11.0 Å². The summed E-state index contributed by atoms with van der Waals surface area (Å²) in [6.07, 6.45) is 3.09. The molecule has 1 amide bonds. The molecule has 0 bridgehead atoms. The molecule has 0 unspecified atom stereocenters. The molecule has 0 atom stereocenters. The van der Waals surface area contributed by atoms with Crippen molar-refractivity contribution in [2.24, 2.45) is 0 Å². The van der Waals surface area contributed by atoms with Crippen molar-refractivity contribution < 1.29 is 9.18 Å². The van der Waals surface area contributed by atoms with E-state index >= 15 is 0 Å². The van der Waals surface area contributed by atoms with Crippen molar-refractivity contribution >= 4 is 11.7 Å². The zero-order valence-electron chi connectivity index (χ0n) is 13.0. The number of anilines is 1. The van der Waals surface area contributed by atoms with Crippen LogP contribution < -0.4 is 4.90 Å². The van der Waals surface area contributed by atoms with Gasteiger partial charge in [0.2, 0.25) is 5.91 Å². The van der Waals surface area contributed by atoms with Crippen molar-refractivity contribution in [3.8, 4) is 6.07 Å². The van der Waals surface area contributed by atoms with E-state index in [0.717, 1.165) is 0 Å². The predicted molar refractivity (Wildman–Crippen MR) is 85.6 cm³/mol. The molecule has 3 rings (SSSR count). The van der Waals surface area contributed by atoms with E-state index in [4.69, 9.17) is 5.26 Å². The summed E-state index contributed by atoms with van der Waals surface area (Å²) in [7, 11) is 0. The fourth-order valence-electron chi connectivity index (χ4n) is 2.73. The van der Waals surface area contributed by atoms with Crippen LogP contribution in [-0.2, 0) is 11.2 Å². The van der Waals surface area contributed by atoms with Crippen LogP contribution in [0.25, 0.3) is 0 Å². The van der Waals surface area contributed by atoms with Gasteiger partial charge in [0.1, 0.15) is 11.9 Å². The summed E-state index contributed by atoms with van der Waals surface area (Å²) in [5.41, 5.74) is 0.689. The van der Waals surface area contributed by atoms with Gasteiger partial charge in [0.15, 0.2) is 11.5 Å². The van der Waals surface area contributed by atoms with Gasteiger partial charge in [-0.1, -0.05) is 18.2 Å². The summed E-state index contributed by atoms with van der Waals surface area (Å²) in [5, 5.41) is 9.10. The molecule has 2 heterocycles. The SMILES string of the molecule is N#Cc1nccnc1N1CCN(C(=O)Cc2ccccc2F)CC1. The van der Waals surface area contributed by atoms with E-state index in [-0.39, 0.29) is 23.8 Å². The standard InChI is InChI=1S/C17H16FN5O/c18-14-4-2-1-3-13(14)11-16(24)22-7-9-23(10-8-22)17-15(12-19)20-5-6-21-17/h1-6H,7-11H2. The van der Waals surface area contributed by atoms with Gasteiger partial charge in [0, 0.05) is 38.6 Å². The first-order chi connectivity index (χ1) is 11.7. The van der Waals surface area contributed by atoms with Crippen molar-refractivity contribution in [3.05, 3.63) is 53.7 Å². The maximum Gasteiger partial charge on any atom is 0.227 e. The highest BCUT2D eigenvalue weighted by molar-refractivity contribution is 5.79. The minimum atomic E-state index is -0.359. The lowest BCUT2D eigenvalue weighted by Crippen LogP contribution is -2.49. The largest absolute Gasteiger partial charge is 0.351 e. The van der Waals surface area contributed by atoms with Crippen LogP contribution in [0, 0.1) is 17.1 Å². The number of aromatic nitrogens is 2. The molecule has 7 heteroatoms. The summed E-state index contributed by atoms with van der Waals surface area (Å²) >= 11 is 0. The van der Waals surface area contributed by atoms with Crippen molar-refractivity contribution in [3.63, 3.8) is 0 Å². The molecule has 1 aromatic heterocycles. The number of halogens is 1. The van der Waals surface area contributed by atoms with E-state index in [1.165, 1.54) is 12.3 Å². The maximum atomic E-state index is 13.7. The van der Waals surface area contributed by atoms with Crippen LogP contribution in [0.5, 0.6) is 0 Å². The van der Waals surface area contributed by atoms with E-state index in [0.29, 0.717) is 37.6 Å². The van der Waals surface area contributed by atoms with Crippen LogP contribution in [0.15, 0.2) is 36.7 Å². The Hall–Kier alpha value is -3.01. The molecule has 0 aliphatic carbocycles. The van der Waals surface area contributed by atoms with Gasteiger partial charge in [-0.25, -0.2) is 14.4 Å². The maximum absolute atomic E-state index is 13.7. The zero-order valence-corrected chi connectivity index (χ0v) is 13.0. The van der Waals surface area contributed by atoms with Crippen LogP contribution >= 0.6 is 0 Å². The molecule has 0 radical (unpaired) electrons. The number of rotatable bonds is 3. The van der Waals surface area contributed by atoms with Crippen molar-refractivity contribution in [2.75, 3.05) is 31.1 Å². The van der Waals surface area contributed by atoms with Crippen LogP contribution in [0.4, 0.5) is 10.2 Å². The first kappa shape index (κ1) is 15.9. The quantitative estimate of drug-likeness (QED) is 0.852. The number of nitriles is 1. The second kappa shape index (κ2) is 7.04. The highest BCUT2D eigenvalue weighted by Gasteiger charge is 2.24. The minimum absolute atomic E-state index is 0.0568. The number of benzene rings is 1. The Kier molecular flexibility index (Phi) is 4.66. The second-order valence-electron chi connectivity index (χ2n) is 5.48. The molecular weight excluding hydrogens is 309 g/mol. The molecule has 1 aliphatic rings. The second-order valence-corrected chi connectivity index (χ2v) is 5.48. The average Bonchev–Trinajstić information content (AvgIpc) is 2.63. The highest BCUT2D eigenvalue weighted by atomic mass is 19.1. The molecular formula is C17H16FN5O. The summed E-state index contributed by atoms with van der Waals surface area (Å²) in [4.78, 5) is 24.2. The Bertz CT molecular complexity index is 781. The topological polar surface area (TPSA) is 73.1 Å². The van der Waals surface area contributed by atoms with Crippen LogP contribution in [0.2, 0.25) is 0 Å². The number of hydrogen-bond donors (Lipinski definition) is 0. The number of piperazine rings is 1. The fourth-order valence-corrected chi connectivity index (χ4v) is 2.73. The van der Waals surface area contributed by atoms with Gasteiger partial charge < -0.3 is 9.80 Å². The molecule has 0 N–H and O–H groups in total. The smallest absolute Gasteiger partial charge is 0.227 e. The van der Waals surface area contributed by atoms with Crippen molar-refractivity contribution in [1.29, 1.82) is 5.26 Å². The first-order valence-electron chi connectivity index (χ1n) is 7.66. The number of carbonyl (C=O) groups is 1. The normalized spacial score (nSPS) is 14.3. The van der Waals surface area contributed by atoms with Gasteiger partial charge in [-0.3, -0.25) is 4.79 Å². The first-order valence-corrected chi connectivity index (χ1v) is 7.66. The Labute approximate surface area is 139 Å². The van der Waals surface area contributed by atoms with Crippen LogP contribution in [-0.4, -0.2) is 47.0 Å². The van der Waals surface area contributed by atoms with Crippen molar-refractivity contribution in [1.82, 2.24) is 14.9 Å². The summed E-state index contributed by atoms with van der Waals surface area (Å²) in [6.45, 7) is 2.15. The van der Waals surface area contributed by atoms with Gasteiger partial charge >= 0.3 is 0 Å². The van der Waals surface area contributed by atoms with Gasteiger partial charge in [0.05, 0.1) is 6.42 Å². The van der Waals surface area contributed by atoms with E-state index in [1.54, 1.807) is 29.3 Å². The third-order valence-electron chi connectivity index (χ3n) is 4.02. The number of nitrogens with zero attached hydrogens (tertiary/aromatic N) is 5. The summed E-state index contributed by atoms with van der Waals surface area (Å²) in [6, 6.07) is 8.34. The van der Waals surface area contributed by atoms with Gasteiger partial charge in [0.25, 0.3) is 0 Å².